The Kier molecular flexibility index (Phi) is 4.17. The zero-order valence-electron chi connectivity index (χ0n) is 13.7. The SMILES string of the molecule is O=NN1CCC(=C2c3ccc(Cl)cc3CCc3ccc[n+]([O-])c32)CC1. The van der Waals surface area contributed by atoms with Crippen molar-refractivity contribution in [1.29, 1.82) is 0 Å². The van der Waals surface area contributed by atoms with E-state index in [9.17, 15) is 10.1 Å². The summed E-state index contributed by atoms with van der Waals surface area (Å²) in [7, 11) is 0. The Bertz CT molecular complexity index is 869. The van der Waals surface area contributed by atoms with Gasteiger partial charge in [0.1, 0.15) is 0 Å². The smallest absolute Gasteiger partial charge is 0.227 e. The summed E-state index contributed by atoms with van der Waals surface area (Å²) in [6.07, 6.45) is 4.69. The van der Waals surface area contributed by atoms with Gasteiger partial charge in [0, 0.05) is 29.7 Å². The number of nitrogens with zero attached hydrogens (tertiary/aromatic N) is 3. The van der Waals surface area contributed by atoms with Crippen LogP contribution in [-0.2, 0) is 12.8 Å². The van der Waals surface area contributed by atoms with E-state index >= 15 is 0 Å². The summed E-state index contributed by atoms with van der Waals surface area (Å²) in [4.78, 5) is 10.8. The second-order valence-electron chi connectivity index (χ2n) is 6.52. The van der Waals surface area contributed by atoms with Gasteiger partial charge in [-0.3, -0.25) is 5.01 Å². The molecular weight excluding hydrogens is 338 g/mol. The monoisotopic (exact) mass is 355 g/mol. The molecule has 0 amide bonds. The molecule has 0 unspecified atom stereocenters. The molecule has 2 aromatic rings. The number of nitroso groups, excluding NO2 is 1. The lowest BCUT2D eigenvalue weighted by Gasteiger charge is -2.25. The Morgan fingerprint density at radius 2 is 1.84 bits per heavy atom. The van der Waals surface area contributed by atoms with Gasteiger partial charge in [0.15, 0.2) is 6.20 Å². The first-order valence-electron chi connectivity index (χ1n) is 8.48. The first-order chi connectivity index (χ1) is 12.2. The van der Waals surface area contributed by atoms with E-state index in [2.05, 4.69) is 5.29 Å². The Morgan fingerprint density at radius 3 is 2.60 bits per heavy atom. The molecule has 5 nitrogen and oxygen atoms in total. The van der Waals surface area contributed by atoms with E-state index in [0.717, 1.165) is 52.8 Å². The molecule has 4 rings (SSSR count). The highest BCUT2D eigenvalue weighted by atomic mass is 35.5. The normalized spacial score (nSPS) is 16.9. The van der Waals surface area contributed by atoms with Gasteiger partial charge in [-0.05, 0) is 55.0 Å². The van der Waals surface area contributed by atoms with Gasteiger partial charge in [-0.1, -0.05) is 23.2 Å². The van der Waals surface area contributed by atoms with Crippen LogP contribution in [0, 0.1) is 10.1 Å². The van der Waals surface area contributed by atoms with Crippen molar-refractivity contribution in [3.63, 3.8) is 0 Å². The van der Waals surface area contributed by atoms with Crippen molar-refractivity contribution < 1.29 is 4.73 Å². The van der Waals surface area contributed by atoms with Crippen LogP contribution >= 0.6 is 11.6 Å². The fourth-order valence-corrected chi connectivity index (χ4v) is 4.06. The summed E-state index contributed by atoms with van der Waals surface area (Å²) in [6.45, 7) is 1.18. The quantitative estimate of drug-likeness (QED) is 0.445. The van der Waals surface area contributed by atoms with Crippen molar-refractivity contribution in [2.75, 3.05) is 13.1 Å². The molecule has 0 radical (unpaired) electrons. The molecule has 0 saturated carbocycles. The van der Waals surface area contributed by atoms with E-state index in [1.165, 1.54) is 11.1 Å². The van der Waals surface area contributed by atoms with E-state index in [4.69, 9.17) is 11.6 Å². The first-order valence-corrected chi connectivity index (χ1v) is 8.85. The van der Waals surface area contributed by atoms with E-state index < -0.39 is 0 Å². The molecule has 1 fully saturated rings. The number of hydrogen-bond acceptors (Lipinski definition) is 3. The lowest BCUT2D eigenvalue weighted by Crippen LogP contribution is -2.33. The summed E-state index contributed by atoms with van der Waals surface area (Å²) in [5, 5.41) is 17.9. The second-order valence-corrected chi connectivity index (χ2v) is 6.96. The molecular formula is C19H18ClN3O2. The summed E-state index contributed by atoms with van der Waals surface area (Å²) in [5.41, 5.74) is 6.28. The van der Waals surface area contributed by atoms with E-state index in [1.54, 1.807) is 17.3 Å². The van der Waals surface area contributed by atoms with Gasteiger partial charge < -0.3 is 5.21 Å². The van der Waals surface area contributed by atoms with Crippen molar-refractivity contribution in [2.24, 2.45) is 5.29 Å². The third-order valence-electron chi connectivity index (χ3n) is 5.09. The molecule has 1 aliphatic heterocycles. The standard InChI is InChI=1S/C19H18ClN3O2/c20-16-5-6-17-15(12-16)4-3-14-2-1-9-23(25)19(14)18(17)13-7-10-22(21-24)11-8-13/h1-2,5-6,9,12H,3-4,7-8,10-11H2. The number of benzene rings is 1. The van der Waals surface area contributed by atoms with Crippen LogP contribution in [0.15, 0.2) is 47.4 Å². The molecule has 0 atom stereocenters. The summed E-state index contributed by atoms with van der Waals surface area (Å²) in [5.74, 6) is 0. The van der Waals surface area contributed by atoms with Crippen LogP contribution < -0.4 is 4.73 Å². The lowest BCUT2D eigenvalue weighted by atomic mass is 9.89. The maximum atomic E-state index is 12.6. The number of piperidine rings is 1. The van der Waals surface area contributed by atoms with E-state index in [-0.39, 0.29) is 0 Å². The molecule has 1 aliphatic carbocycles. The van der Waals surface area contributed by atoms with Gasteiger partial charge in [0.25, 0.3) is 0 Å². The number of rotatable bonds is 1. The Morgan fingerprint density at radius 1 is 1.08 bits per heavy atom. The molecule has 2 aliphatic rings. The van der Waals surface area contributed by atoms with Gasteiger partial charge in [-0.15, -0.1) is 4.91 Å². The fourth-order valence-electron chi connectivity index (χ4n) is 3.87. The molecule has 25 heavy (non-hydrogen) atoms. The molecule has 1 aromatic heterocycles. The van der Waals surface area contributed by atoms with Crippen LogP contribution in [0.25, 0.3) is 5.57 Å². The highest BCUT2D eigenvalue weighted by Crippen LogP contribution is 2.37. The minimum Gasteiger partial charge on any atom is -0.618 e. The van der Waals surface area contributed by atoms with Gasteiger partial charge in [0.2, 0.25) is 5.69 Å². The Balaban J connectivity index is 1.94. The molecule has 1 saturated heterocycles. The maximum Gasteiger partial charge on any atom is 0.227 e. The molecule has 0 spiro atoms. The number of aromatic nitrogens is 1. The van der Waals surface area contributed by atoms with Crippen LogP contribution in [0.2, 0.25) is 5.02 Å². The highest BCUT2D eigenvalue weighted by molar-refractivity contribution is 6.30. The van der Waals surface area contributed by atoms with Gasteiger partial charge in [0.05, 0.1) is 10.9 Å². The fraction of sp³-hybridized carbons (Fsp3) is 0.316. The number of hydrogen-bond donors (Lipinski definition) is 0. The minimum absolute atomic E-state index is 0.590. The molecule has 0 bridgehead atoms. The topological polar surface area (TPSA) is 59.6 Å². The van der Waals surface area contributed by atoms with Crippen molar-refractivity contribution in [3.8, 4) is 0 Å². The summed E-state index contributed by atoms with van der Waals surface area (Å²) in [6, 6.07) is 9.73. The van der Waals surface area contributed by atoms with Crippen molar-refractivity contribution in [2.45, 2.75) is 25.7 Å². The zero-order chi connectivity index (χ0) is 17.4. The van der Waals surface area contributed by atoms with Crippen LogP contribution in [0.1, 0.15) is 35.2 Å². The first kappa shape index (κ1) is 16.1. The van der Waals surface area contributed by atoms with Crippen molar-refractivity contribution in [3.05, 3.63) is 79.6 Å². The minimum atomic E-state index is 0.590. The van der Waals surface area contributed by atoms with Crippen LogP contribution in [-0.4, -0.2) is 18.1 Å². The molecule has 1 aromatic carbocycles. The molecule has 6 heteroatoms. The number of halogens is 1. The van der Waals surface area contributed by atoms with Crippen LogP contribution in [0.5, 0.6) is 0 Å². The largest absolute Gasteiger partial charge is 0.618 e. The molecule has 128 valence electrons. The van der Waals surface area contributed by atoms with Crippen LogP contribution in [0.4, 0.5) is 0 Å². The number of aryl methyl sites for hydroxylation is 2. The van der Waals surface area contributed by atoms with Gasteiger partial charge in [-0.2, -0.15) is 4.73 Å². The Hall–Kier alpha value is -2.40. The number of pyridine rings is 1. The predicted molar refractivity (Wildman–Crippen MR) is 96.9 cm³/mol. The average Bonchev–Trinajstić information content (AvgIpc) is 2.79. The molecule has 2 heterocycles. The zero-order valence-corrected chi connectivity index (χ0v) is 14.5. The average molecular weight is 356 g/mol. The third kappa shape index (κ3) is 2.89. The Labute approximate surface area is 151 Å². The highest BCUT2D eigenvalue weighted by Gasteiger charge is 2.29. The van der Waals surface area contributed by atoms with Gasteiger partial charge >= 0.3 is 0 Å². The van der Waals surface area contributed by atoms with Crippen molar-refractivity contribution in [1.82, 2.24) is 5.01 Å². The van der Waals surface area contributed by atoms with Crippen LogP contribution in [0.3, 0.4) is 0 Å². The lowest BCUT2D eigenvalue weighted by molar-refractivity contribution is -0.608. The maximum absolute atomic E-state index is 12.6. The van der Waals surface area contributed by atoms with Crippen molar-refractivity contribution >= 4 is 17.2 Å². The summed E-state index contributed by atoms with van der Waals surface area (Å²) >= 11 is 6.21. The predicted octanol–water partition coefficient (Wildman–Crippen LogP) is 3.65. The number of fused-ring (bicyclic) bond motifs is 2. The third-order valence-corrected chi connectivity index (χ3v) is 5.33. The second kappa shape index (κ2) is 6.48. The van der Waals surface area contributed by atoms with E-state index in [0.29, 0.717) is 18.1 Å². The van der Waals surface area contributed by atoms with Gasteiger partial charge in [-0.25, -0.2) is 0 Å². The summed E-state index contributed by atoms with van der Waals surface area (Å²) < 4.78 is 0.978. The van der Waals surface area contributed by atoms with E-state index in [1.807, 2.05) is 24.3 Å². The molecule has 0 N–H and O–H groups in total.